The third kappa shape index (κ3) is 3.40. The first kappa shape index (κ1) is 16.3. The van der Waals surface area contributed by atoms with Gasteiger partial charge in [-0.15, -0.1) is 11.3 Å². The summed E-state index contributed by atoms with van der Waals surface area (Å²) in [7, 11) is 3.00. The van der Waals surface area contributed by atoms with Crippen LogP contribution in [0, 0.1) is 6.92 Å². The summed E-state index contributed by atoms with van der Waals surface area (Å²) in [5.41, 5.74) is 1.39. The minimum Gasteiger partial charge on any atom is -0.493 e. The number of para-hydroxylation sites is 1. The van der Waals surface area contributed by atoms with E-state index >= 15 is 0 Å². The highest BCUT2D eigenvalue weighted by molar-refractivity contribution is 7.10. The lowest BCUT2D eigenvalue weighted by Gasteiger charge is -2.14. The number of hydrogen-bond acceptors (Lipinski definition) is 5. The molecule has 1 heterocycles. The van der Waals surface area contributed by atoms with Crippen molar-refractivity contribution in [1.82, 2.24) is 5.32 Å². The molecule has 1 amide bonds. The number of nitrogens with one attached hydrogen (secondary N) is 1. The Morgan fingerprint density at radius 2 is 2.09 bits per heavy atom. The molecule has 0 aliphatic carbocycles. The molecule has 2 aromatic rings. The Morgan fingerprint density at radius 3 is 2.68 bits per heavy atom. The van der Waals surface area contributed by atoms with Gasteiger partial charge in [0.2, 0.25) is 0 Å². The molecule has 1 unspecified atom stereocenters. The van der Waals surface area contributed by atoms with Crippen LogP contribution in [0.25, 0.3) is 0 Å². The van der Waals surface area contributed by atoms with E-state index in [1.807, 2.05) is 18.4 Å². The van der Waals surface area contributed by atoms with Crippen molar-refractivity contribution in [2.24, 2.45) is 0 Å². The maximum absolute atomic E-state index is 12.3. The molecule has 6 heteroatoms. The van der Waals surface area contributed by atoms with Crippen molar-refractivity contribution >= 4 is 17.2 Å². The SMILES string of the molecule is COc1cccc(C(=O)NCC(O)c2sccc2C)c1OC. The van der Waals surface area contributed by atoms with E-state index in [1.54, 1.807) is 18.2 Å². The Labute approximate surface area is 133 Å². The van der Waals surface area contributed by atoms with E-state index in [2.05, 4.69) is 5.32 Å². The number of methoxy groups -OCH3 is 2. The van der Waals surface area contributed by atoms with E-state index in [0.717, 1.165) is 10.4 Å². The summed E-state index contributed by atoms with van der Waals surface area (Å²) >= 11 is 1.47. The van der Waals surface area contributed by atoms with Crippen molar-refractivity contribution in [1.29, 1.82) is 0 Å². The molecule has 0 aliphatic rings. The zero-order chi connectivity index (χ0) is 16.1. The summed E-state index contributed by atoms with van der Waals surface area (Å²) in [5, 5.41) is 14.8. The molecule has 0 saturated heterocycles. The van der Waals surface area contributed by atoms with Crippen molar-refractivity contribution in [3.05, 3.63) is 45.6 Å². The minimum atomic E-state index is -0.722. The molecule has 118 valence electrons. The van der Waals surface area contributed by atoms with E-state index in [9.17, 15) is 9.90 Å². The van der Waals surface area contributed by atoms with Crippen LogP contribution in [-0.4, -0.2) is 31.8 Å². The molecule has 1 atom stereocenters. The lowest BCUT2D eigenvalue weighted by atomic mass is 10.1. The smallest absolute Gasteiger partial charge is 0.255 e. The quantitative estimate of drug-likeness (QED) is 0.858. The van der Waals surface area contributed by atoms with Gasteiger partial charge in [-0.3, -0.25) is 4.79 Å². The molecule has 0 bridgehead atoms. The van der Waals surface area contributed by atoms with Crippen LogP contribution in [0.2, 0.25) is 0 Å². The van der Waals surface area contributed by atoms with E-state index in [0.29, 0.717) is 17.1 Å². The Kier molecular flexibility index (Phi) is 5.41. The fourth-order valence-electron chi connectivity index (χ4n) is 2.17. The van der Waals surface area contributed by atoms with Gasteiger partial charge in [0.05, 0.1) is 19.8 Å². The van der Waals surface area contributed by atoms with Crippen LogP contribution in [0.1, 0.15) is 26.9 Å². The topological polar surface area (TPSA) is 67.8 Å². The molecule has 5 nitrogen and oxygen atoms in total. The van der Waals surface area contributed by atoms with Gasteiger partial charge < -0.3 is 19.9 Å². The third-order valence-corrected chi connectivity index (χ3v) is 4.43. The number of amides is 1. The molecule has 22 heavy (non-hydrogen) atoms. The molecule has 0 radical (unpaired) electrons. The first-order chi connectivity index (χ1) is 10.6. The molecule has 2 rings (SSSR count). The number of carbonyl (C=O) groups excluding carboxylic acids is 1. The maximum Gasteiger partial charge on any atom is 0.255 e. The van der Waals surface area contributed by atoms with Crippen molar-refractivity contribution in [3.8, 4) is 11.5 Å². The normalized spacial score (nSPS) is 11.8. The fraction of sp³-hybridized carbons (Fsp3) is 0.312. The number of aliphatic hydroxyl groups is 1. The van der Waals surface area contributed by atoms with Crippen LogP contribution in [0.3, 0.4) is 0 Å². The van der Waals surface area contributed by atoms with Gasteiger partial charge in [-0.25, -0.2) is 0 Å². The molecule has 1 aromatic heterocycles. The number of hydrogen-bond donors (Lipinski definition) is 2. The van der Waals surface area contributed by atoms with Gasteiger partial charge >= 0.3 is 0 Å². The fourth-order valence-corrected chi connectivity index (χ4v) is 3.08. The average molecular weight is 321 g/mol. The number of thiophene rings is 1. The van der Waals surface area contributed by atoms with Gasteiger partial charge in [0.1, 0.15) is 6.10 Å². The first-order valence-corrected chi connectivity index (χ1v) is 7.67. The van der Waals surface area contributed by atoms with Crippen molar-refractivity contribution in [3.63, 3.8) is 0 Å². The molecular weight excluding hydrogens is 302 g/mol. The van der Waals surface area contributed by atoms with Gasteiger partial charge in [0, 0.05) is 11.4 Å². The second-order valence-corrected chi connectivity index (χ2v) is 5.68. The van der Waals surface area contributed by atoms with Gasteiger partial charge in [0.25, 0.3) is 5.91 Å². The highest BCUT2D eigenvalue weighted by atomic mass is 32.1. The van der Waals surface area contributed by atoms with E-state index in [1.165, 1.54) is 25.6 Å². The maximum atomic E-state index is 12.3. The average Bonchev–Trinajstić information content (AvgIpc) is 2.97. The number of aryl methyl sites for hydroxylation is 1. The molecular formula is C16H19NO4S. The van der Waals surface area contributed by atoms with Gasteiger partial charge in [-0.05, 0) is 36.1 Å². The number of carbonyl (C=O) groups is 1. The number of benzene rings is 1. The number of rotatable bonds is 6. The molecule has 1 aromatic carbocycles. The Hall–Kier alpha value is -2.05. The molecule has 0 spiro atoms. The summed E-state index contributed by atoms with van der Waals surface area (Å²) in [4.78, 5) is 13.2. The molecule has 0 aliphatic heterocycles. The lowest BCUT2D eigenvalue weighted by molar-refractivity contribution is 0.0914. The van der Waals surface area contributed by atoms with Crippen LogP contribution in [-0.2, 0) is 0 Å². The molecule has 2 N–H and O–H groups in total. The second kappa shape index (κ2) is 7.29. The highest BCUT2D eigenvalue weighted by Crippen LogP contribution is 2.30. The first-order valence-electron chi connectivity index (χ1n) is 6.79. The second-order valence-electron chi connectivity index (χ2n) is 4.73. The Balaban J connectivity index is 2.08. The molecule has 0 saturated carbocycles. The van der Waals surface area contributed by atoms with E-state index in [4.69, 9.17) is 9.47 Å². The largest absolute Gasteiger partial charge is 0.493 e. The summed E-state index contributed by atoms with van der Waals surface area (Å²) in [6.45, 7) is 2.07. The summed E-state index contributed by atoms with van der Waals surface area (Å²) in [5.74, 6) is 0.554. The van der Waals surface area contributed by atoms with Crippen LogP contribution >= 0.6 is 11.3 Å². The molecule has 0 fully saturated rings. The van der Waals surface area contributed by atoms with Crippen LogP contribution in [0.4, 0.5) is 0 Å². The van der Waals surface area contributed by atoms with Crippen molar-refractivity contribution < 1.29 is 19.4 Å². The monoisotopic (exact) mass is 321 g/mol. The zero-order valence-electron chi connectivity index (χ0n) is 12.8. The van der Waals surface area contributed by atoms with Gasteiger partial charge in [-0.1, -0.05) is 6.07 Å². The van der Waals surface area contributed by atoms with Crippen LogP contribution in [0.15, 0.2) is 29.6 Å². The van der Waals surface area contributed by atoms with Crippen LogP contribution in [0.5, 0.6) is 11.5 Å². The number of ether oxygens (including phenoxy) is 2. The zero-order valence-corrected chi connectivity index (χ0v) is 13.6. The summed E-state index contributed by atoms with van der Waals surface area (Å²) in [6.07, 6.45) is -0.722. The highest BCUT2D eigenvalue weighted by Gasteiger charge is 2.18. The van der Waals surface area contributed by atoms with Crippen molar-refractivity contribution in [2.45, 2.75) is 13.0 Å². The van der Waals surface area contributed by atoms with Crippen LogP contribution < -0.4 is 14.8 Å². The minimum absolute atomic E-state index is 0.139. The van der Waals surface area contributed by atoms with Crippen molar-refractivity contribution in [2.75, 3.05) is 20.8 Å². The Bertz CT molecular complexity index is 653. The van der Waals surface area contributed by atoms with E-state index in [-0.39, 0.29) is 12.5 Å². The van der Waals surface area contributed by atoms with Gasteiger partial charge in [-0.2, -0.15) is 0 Å². The summed E-state index contributed by atoms with van der Waals surface area (Å²) in [6, 6.07) is 7.03. The predicted octanol–water partition coefficient (Wildman–Crippen LogP) is 2.54. The van der Waals surface area contributed by atoms with Gasteiger partial charge in [0.15, 0.2) is 11.5 Å². The predicted molar refractivity (Wildman–Crippen MR) is 85.9 cm³/mol. The Morgan fingerprint density at radius 1 is 1.32 bits per heavy atom. The number of aliphatic hydroxyl groups excluding tert-OH is 1. The standard InChI is InChI=1S/C16H19NO4S/c1-10-7-8-22-15(10)12(18)9-17-16(19)11-5-4-6-13(20-2)14(11)21-3/h4-8,12,18H,9H2,1-3H3,(H,17,19). The summed E-state index contributed by atoms with van der Waals surface area (Å²) < 4.78 is 10.4. The lowest BCUT2D eigenvalue weighted by Crippen LogP contribution is -2.28. The third-order valence-electron chi connectivity index (χ3n) is 3.31. The van der Waals surface area contributed by atoms with E-state index < -0.39 is 6.10 Å².